The maximum absolute atomic E-state index is 13.3. The van der Waals surface area contributed by atoms with Crippen LogP contribution in [0.1, 0.15) is 15.9 Å². The van der Waals surface area contributed by atoms with E-state index in [0.29, 0.717) is 34.8 Å². The molecule has 2 N–H and O–H groups in total. The number of nitrogens with zero attached hydrogens (tertiary/aromatic N) is 7. The van der Waals surface area contributed by atoms with Crippen LogP contribution in [0, 0.1) is 6.92 Å². The minimum Gasteiger partial charge on any atom is -0.395 e. The topological polar surface area (TPSA) is 112 Å². The van der Waals surface area contributed by atoms with Gasteiger partial charge < -0.3 is 20.2 Å². The molecular formula is C30H36N8O3. The van der Waals surface area contributed by atoms with Crippen LogP contribution in [0.15, 0.2) is 66.1 Å². The molecule has 1 amide bonds. The highest BCUT2D eigenvalue weighted by Gasteiger charge is 2.20. The highest BCUT2D eigenvalue weighted by atomic mass is 16.3. The van der Waals surface area contributed by atoms with E-state index in [2.05, 4.69) is 45.7 Å². The van der Waals surface area contributed by atoms with Crippen molar-refractivity contribution in [2.75, 3.05) is 63.6 Å². The molecule has 1 aliphatic rings. The van der Waals surface area contributed by atoms with Gasteiger partial charge in [-0.05, 0) is 48.9 Å². The first-order chi connectivity index (χ1) is 19.8. The van der Waals surface area contributed by atoms with Gasteiger partial charge in [0.15, 0.2) is 5.65 Å². The van der Waals surface area contributed by atoms with E-state index in [9.17, 15) is 14.7 Å². The zero-order valence-electron chi connectivity index (χ0n) is 23.7. The first-order valence-electron chi connectivity index (χ1n) is 13.7. The Bertz CT molecular complexity index is 1630. The minimum atomic E-state index is -0.241. The average Bonchev–Trinajstić information content (AvgIpc) is 3.24. The maximum atomic E-state index is 13.3. The number of hydrogen-bond acceptors (Lipinski definition) is 8. The van der Waals surface area contributed by atoms with E-state index in [-0.39, 0.29) is 24.6 Å². The highest BCUT2D eigenvalue weighted by Crippen LogP contribution is 2.26. The Hall–Kier alpha value is -4.48. The van der Waals surface area contributed by atoms with Crippen LogP contribution in [0.5, 0.6) is 0 Å². The molecule has 11 heteroatoms. The van der Waals surface area contributed by atoms with E-state index in [1.165, 1.54) is 21.5 Å². The Kier molecular flexibility index (Phi) is 8.18. The van der Waals surface area contributed by atoms with Crippen molar-refractivity contribution in [1.29, 1.82) is 0 Å². The molecule has 3 heterocycles. The van der Waals surface area contributed by atoms with Gasteiger partial charge in [-0.2, -0.15) is 4.98 Å². The summed E-state index contributed by atoms with van der Waals surface area (Å²) < 4.78 is 3.25. The number of allylic oxidation sites excluding steroid dienone is 1. The fraction of sp³-hybridized carbons (Fsp3) is 0.333. The lowest BCUT2D eigenvalue weighted by atomic mass is 10.1. The van der Waals surface area contributed by atoms with Crippen molar-refractivity contribution < 1.29 is 9.90 Å². The number of benzene rings is 2. The molecule has 2 aromatic carbocycles. The summed E-state index contributed by atoms with van der Waals surface area (Å²) in [5, 5.41) is 12.9. The fourth-order valence-electron chi connectivity index (χ4n) is 5.24. The van der Waals surface area contributed by atoms with Gasteiger partial charge in [0.05, 0.1) is 18.8 Å². The molecule has 1 fully saturated rings. The van der Waals surface area contributed by atoms with Gasteiger partial charge >= 0.3 is 0 Å². The lowest BCUT2D eigenvalue weighted by molar-refractivity contribution is 0.0827. The van der Waals surface area contributed by atoms with E-state index in [1.54, 1.807) is 43.1 Å². The first kappa shape index (κ1) is 28.1. The molecule has 0 radical (unpaired) electrons. The largest absolute Gasteiger partial charge is 0.395 e. The number of anilines is 3. The molecule has 5 rings (SSSR count). The van der Waals surface area contributed by atoms with Crippen molar-refractivity contribution in [2.24, 2.45) is 0 Å². The van der Waals surface area contributed by atoms with Crippen molar-refractivity contribution in [3.8, 4) is 5.69 Å². The van der Waals surface area contributed by atoms with Gasteiger partial charge in [-0.1, -0.05) is 12.1 Å². The van der Waals surface area contributed by atoms with Crippen molar-refractivity contribution in [3.05, 3.63) is 82.8 Å². The Labute approximate surface area is 238 Å². The van der Waals surface area contributed by atoms with Crippen LogP contribution in [0.25, 0.3) is 16.7 Å². The van der Waals surface area contributed by atoms with Crippen molar-refractivity contribution >= 4 is 34.3 Å². The number of aliphatic hydroxyl groups excluding tert-OH is 1. The third kappa shape index (κ3) is 5.72. The molecule has 0 bridgehead atoms. The minimum absolute atomic E-state index is 0.135. The van der Waals surface area contributed by atoms with Crippen LogP contribution in [0.4, 0.5) is 17.3 Å². The number of carbonyl (C=O) groups excluding carboxylic acids is 1. The standard InChI is InChI=1S/C30H36N8O3/c1-5-11-37-29(41)25-20-31-30(33-27(25)38(37)24-8-6-7-22(19-24)28(40)34(3)4)32-23-9-10-26(21(2)18-23)36-14-12-35(13-15-36)16-17-39/h5-10,18-20,39H,1,11-17H2,2-4H3,(H,31,32,33). The number of amides is 1. The second-order valence-electron chi connectivity index (χ2n) is 10.3. The summed E-state index contributed by atoms with van der Waals surface area (Å²) in [6.07, 6.45) is 3.18. The predicted octanol–water partition coefficient (Wildman–Crippen LogP) is 2.64. The number of aryl methyl sites for hydroxylation is 1. The summed E-state index contributed by atoms with van der Waals surface area (Å²) in [5.74, 6) is 0.219. The summed E-state index contributed by atoms with van der Waals surface area (Å²) in [7, 11) is 3.40. The zero-order chi connectivity index (χ0) is 29.1. The maximum Gasteiger partial charge on any atom is 0.278 e. The molecule has 2 aromatic heterocycles. The summed E-state index contributed by atoms with van der Waals surface area (Å²) in [5.41, 5.74) is 4.47. The molecular weight excluding hydrogens is 520 g/mol. The van der Waals surface area contributed by atoms with Gasteiger partial charge in [0.25, 0.3) is 11.5 Å². The number of carbonyl (C=O) groups is 1. The summed E-state index contributed by atoms with van der Waals surface area (Å²) >= 11 is 0. The number of piperazine rings is 1. The van der Waals surface area contributed by atoms with Gasteiger partial charge in [-0.3, -0.25) is 14.5 Å². The second-order valence-corrected chi connectivity index (χ2v) is 10.3. The predicted molar refractivity (Wildman–Crippen MR) is 162 cm³/mol. The van der Waals surface area contributed by atoms with E-state index in [0.717, 1.165) is 37.4 Å². The fourth-order valence-corrected chi connectivity index (χ4v) is 5.24. The normalized spacial score (nSPS) is 13.9. The van der Waals surface area contributed by atoms with Crippen molar-refractivity contribution in [2.45, 2.75) is 13.5 Å². The molecule has 1 saturated heterocycles. The molecule has 0 saturated carbocycles. The van der Waals surface area contributed by atoms with Crippen LogP contribution in [-0.2, 0) is 6.54 Å². The van der Waals surface area contributed by atoms with Crippen LogP contribution in [-0.4, -0.2) is 93.6 Å². The van der Waals surface area contributed by atoms with Gasteiger partial charge in [-0.15, -0.1) is 6.58 Å². The zero-order valence-corrected chi connectivity index (χ0v) is 23.7. The van der Waals surface area contributed by atoms with E-state index < -0.39 is 0 Å². The van der Waals surface area contributed by atoms with Crippen molar-refractivity contribution in [1.82, 2.24) is 29.1 Å². The van der Waals surface area contributed by atoms with Crippen molar-refractivity contribution in [3.63, 3.8) is 0 Å². The Morgan fingerprint density at radius 3 is 2.61 bits per heavy atom. The summed E-state index contributed by atoms with van der Waals surface area (Å²) in [4.78, 5) is 41.3. The molecule has 0 aliphatic carbocycles. The van der Waals surface area contributed by atoms with E-state index in [1.807, 2.05) is 12.1 Å². The molecule has 214 valence electrons. The molecule has 1 aliphatic heterocycles. The van der Waals surface area contributed by atoms with Gasteiger partial charge in [0.1, 0.15) is 5.39 Å². The number of fused-ring (bicyclic) bond motifs is 1. The lowest BCUT2D eigenvalue weighted by Crippen LogP contribution is -2.47. The number of nitrogens with one attached hydrogen (secondary N) is 1. The first-order valence-corrected chi connectivity index (χ1v) is 13.7. The summed E-state index contributed by atoms with van der Waals surface area (Å²) in [6.45, 7) is 10.7. The molecule has 0 spiro atoms. The van der Waals surface area contributed by atoms with Gasteiger partial charge in [0.2, 0.25) is 5.95 Å². The number of aromatic nitrogens is 4. The van der Waals surface area contributed by atoms with Crippen LogP contribution < -0.4 is 15.8 Å². The number of aliphatic hydroxyl groups is 1. The highest BCUT2D eigenvalue weighted by molar-refractivity contribution is 5.94. The molecule has 0 atom stereocenters. The van der Waals surface area contributed by atoms with E-state index >= 15 is 0 Å². The monoisotopic (exact) mass is 556 g/mol. The Morgan fingerprint density at radius 1 is 1.15 bits per heavy atom. The molecule has 11 nitrogen and oxygen atoms in total. The Balaban J connectivity index is 1.46. The number of β-amino-alcohol motifs (C(OH)–C–C–N with tert-alkyl or cyclic N) is 1. The molecule has 41 heavy (non-hydrogen) atoms. The SMILES string of the molecule is C=CCn1c(=O)c2cnc(Nc3ccc(N4CCN(CCO)CC4)c(C)c3)nc2n1-c1cccc(C(=O)N(C)C)c1. The van der Waals surface area contributed by atoms with Crippen LogP contribution in [0.2, 0.25) is 0 Å². The lowest BCUT2D eigenvalue weighted by Gasteiger charge is -2.36. The molecule has 4 aromatic rings. The summed E-state index contributed by atoms with van der Waals surface area (Å²) in [6, 6.07) is 13.3. The smallest absolute Gasteiger partial charge is 0.278 e. The second kappa shape index (κ2) is 11.9. The van der Waals surface area contributed by atoms with Gasteiger partial charge in [-0.25, -0.2) is 14.3 Å². The number of hydrogen-bond donors (Lipinski definition) is 2. The quantitative estimate of drug-likeness (QED) is 0.303. The van der Waals surface area contributed by atoms with Gasteiger partial charge in [0, 0.05) is 70.0 Å². The third-order valence-corrected chi connectivity index (χ3v) is 7.30. The number of rotatable bonds is 9. The molecule has 0 unspecified atom stereocenters. The average molecular weight is 557 g/mol. The third-order valence-electron chi connectivity index (χ3n) is 7.30. The van der Waals surface area contributed by atoms with E-state index in [4.69, 9.17) is 4.98 Å². The van der Waals surface area contributed by atoms with Crippen LogP contribution >= 0.6 is 0 Å². The Morgan fingerprint density at radius 2 is 1.93 bits per heavy atom. The van der Waals surface area contributed by atoms with Crippen LogP contribution in [0.3, 0.4) is 0 Å².